The molecule has 0 heterocycles. The summed E-state index contributed by atoms with van der Waals surface area (Å²) in [7, 11) is 1.73. The molecule has 0 bridgehead atoms. The maximum absolute atomic E-state index is 5.54. The van der Waals surface area contributed by atoms with E-state index in [1.54, 1.807) is 7.11 Å². The molecule has 1 aromatic rings. The molecular formula is C17H25Br2NO. The Morgan fingerprint density at radius 2 is 1.95 bits per heavy atom. The topological polar surface area (TPSA) is 21.3 Å². The average Bonchev–Trinajstić information content (AvgIpc) is 2.44. The SMILES string of the molecule is COc1c(Br)cc(Br)cc1CNC1CCCCC1C(C)C. The Morgan fingerprint density at radius 1 is 1.24 bits per heavy atom. The van der Waals surface area contributed by atoms with E-state index in [9.17, 15) is 0 Å². The molecular weight excluding hydrogens is 394 g/mol. The van der Waals surface area contributed by atoms with Crippen LogP contribution in [0.1, 0.15) is 45.1 Å². The minimum absolute atomic E-state index is 0.626. The van der Waals surface area contributed by atoms with Crippen LogP contribution in [0.4, 0.5) is 0 Å². The Hall–Kier alpha value is -0.0600. The van der Waals surface area contributed by atoms with E-state index in [0.29, 0.717) is 6.04 Å². The first-order valence-corrected chi connectivity index (χ1v) is 9.36. The summed E-state index contributed by atoms with van der Waals surface area (Å²) in [6, 6.07) is 4.80. The van der Waals surface area contributed by atoms with Crippen molar-refractivity contribution in [2.24, 2.45) is 11.8 Å². The van der Waals surface area contributed by atoms with Gasteiger partial charge < -0.3 is 10.1 Å². The minimum Gasteiger partial charge on any atom is -0.495 e. The summed E-state index contributed by atoms with van der Waals surface area (Å²) in [5.41, 5.74) is 1.20. The Morgan fingerprint density at radius 3 is 2.62 bits per heavy atom. The highest BCUT2D eigenvalue weighted by Gasteiger charge is 2.27. The molecule has 1 saturated carbocycles. The number of halogens is 2. The number of rotatable bonds is 5. The fraction of sp³-hybridized carbons (Fsp3) is 0.647. The van der Waals surface area contributed by atoms with Crippen LogP contribution in [0.15, 0.2) is 21.1 Å². The van der Waals surface area contributed by atoms with E-state index in [2.05, 4.69) is 57.1 Å². The first-order chi connectivity index (χ1) is 10.0. The molecule has 21 heavy (non-hydrogen) atoms. The van der Waals surface area contributed by atoms with Crippen LogP contribution in [0, 0.1) is 11.8 Å². The molecule has 1 fully saturated rings. The Labute approximate surface area is 145 Å². The normalized spacial score (nSPS) is 22.6. The van der Waals surface area contributed by atoms with Crippen LogP contribution >= 0.6 is 31.9 Å². The zero-order chi connectivity index (χ0) is 15.4. The van der Waals surface area contributed by atoms with Gasteiger partial charge in [-0.05, 0) is 52.7 Å². The second-order valence-electron chi connectivity index (χ2n) is 6.26. The molecule has 0 spiro atoms. The lowest BCUT2D eigenvalue weighted by atomic mass is 9.78. The van der Waals surface area contributed by atoms with Gasteiger partial charge in [-0.25, -0.2) is 0 Å². The third-order valence-corrected chi connectivity index (χ3v) is 5.57. The molecule has 0 aliphatic heterocycles. The Kier molecular flexibility index (Phi) is 6.57. The van der Waals surface area contributed by atoms with Gasteiger partial charge in [0.15, 0.2) is 0 Å². The molecule has 2 unspecified atom stereocenters. The number of benzene rings is 1. The lowest BCUT2D eigenvalue weighted by Crippen LogP contribution is -2.40. The van der Waals surface area contributed by atoms with Crippen molar-refractivity contribution in [2.75, 3.05) is 7.11 Å². The second kappa shape index (κ2) is 7.98. The zero-order valence-electron chi connectivity index (χ0n) is 13.1. The monoisotopic (exact) mass is 417 g/mol. The first-order valence-electron chi connectivity index (χ1n) is 7.78. The highest BCUT2D eigenvalue weighted by atomic mass is 79.9. The van der Waals surface area contributed by atoms with E-state index < -0.39 is 0 Å². The third-order valence-electron chi connectivity index (χ3n) is 4.52. The van der Waals surface area contributed by atoms with Crippen molar-refractivity contribution in [3.05, 3.63) is 26.6 Å². The van der Waals surface area contributed by atoms with E-state index in [4.69, 9.17) is 4.74 Å². The molecule has 0 amide bonds. The standard InChI is InChI=1S/C17H25Br2NO/c1-11(2)14-6-4-5-7-16(14)20-10-12-8-13(18)9-15(19)17(12)21-3/h8-9,11,14,16,20H,4-7,10H2,1-3H3. The van der Waals surface area contributed by atoms with Crippen molar-refractivity contribution in [3.63, 3.8) is 0 Å². The van der Waals surface area contributed by atoms with E-state index >= 15 is 0 Å². The maximum atomic E-state index is 5.54. The number of methoxy groups -OCH3 is 1. The molecule has 1 aliphatic carbocycles. The molecule has 2 rings (SSSR count). The van der Waals surface area contributed by atoms with Crippen molar-refractivity contribution in [3.8, 4) is 5.75 Å². The van der Waals surface area contributed by atoms with Gasteiger partial charge in [-0.2, -0.15) is 0 Å². The van der Waals surface area contributed by atoms with Crippen LogP contribution in [-0.2, 0) is 6.54 Å². The summed E-state index contributed by atoms with van der Waals surface area (Å²) >= 11 is 7.14. The van der Waals surface area contributed by atoms with Gasteiger partial charge in [-0.1, -0.05) is 42.6 Å². The number of ether oxygens (including phenoxy) is 1. The summed E-state index contributed by atoms with van der Waals surface area (Å²) in [6.45, 7) is 5.55. The number of hydrogen-bond acceptors (Lipinski definition) is 2. The van der Waals surface area contributed by atoms with Gasteiger partial charge in [0.1, 0.15) is 5.75 Å². The van der Waals surface area contributed by atoms with E-state index in [1.165, 1.54) is 31.2 Å². The lowest BCUT2D eigenvalue weighted by molar-refractivity contribution is 0.204. The Balaban J connectivity index is 2.08. The molecule has 2 atom stereocenters. The molecule has 1 aromatic carbocycles. The maximum Gasteiger partial charge on any atom is 0.137 e. The Bertz CT molecular complexity index is 476. The van der Waals surface area contributed by atoms with Crippen molar-refractivity contribution in [1.29, 1.82) is 0 Å². The molecule has 2 nitrogen and oxygen atoms in total. The fourth-order valence-corrected chi connectivity index (χ4v) is 4.90. The number of nitrogens with one attached hydrogen (secondary N) is 1. The third kappa shape index (κ3) is 4.46. The van der Waals surface area contributed by atoms with Gasteiger partial charge >= 0.3 is 0 Å². The van der Waals surface area contributed by atoms with E-state index in [0.717, 1.165) is 33.1 Å². The van der Waals surface area contributed by atoms with Crippen LogP contribution in [0.25, 0.3) is 0 Å². The van der Waals surface area contributed by atoms with Crippen LogP contribution in [-0.4, -0.2) is 13.2 Å². The first kappa shape index (κ1) is 17.3. The molecule has 0 aromatic heterocycles. The average molecular weight is 419 g/mol. The van der Waals surface area contributed by atoms with Gasteiger partial charge in [-0.15, -0.1) is 0 Å². The summed E-state index contributed by atoms with van der Waals surface area (Å²) in [5.74, 6) is 2.47. The van der Waals surface area contributed by atoms with Gasteiger partial charge in [0.05, 0.1) is 11.6 Å². The predicted molar refractivity (Wildman–Crippen MR) is 95.8 cm³/mol. The van der Waals surface area contributed by atoms with Crippen LogP contribution in [0.3, 0.4) is 0 Å². The van der Waals surface area contributed by atoms with Gasteiger partial charge in [0, 0.05) is 22.6 Å². The molecule has 1 aliphatic rings. The highest BCUT2D eigenvalue weighted by Crippen LogP contribution is 2.34. The fourth-order valence-electron chi connectivity index (χ4n) is 3.43. The summed E-state index contributed by atoms with van der Waals surface area (Å²) in [4.78, 5) is 0. The molecule has 0 saturated heterocycles. The van der Waals surface area contributed by atoms with Crippen LogP contribution in [0.5, 0.6) is 5.75 Å². The van der Waals surface area contributed by atoms with Crippen molar-refractivity contribution in [2.45, 2.75) is 52.1 Å². The number of hydrogen-bond donors (Lipinski definition) is 1. The van der Waals surface area contributed by atoms with E-state index in [1.807, 2.05) is 6.07 Å². The van der Waals surface area contributed by atoms with Gasteiger partial charge in [-0.3, -0.25) is 0 Å². The molecule has 4 heteroatoms. The summed E-state index contributed by atoms with van der Waals surface area (Å²) in [6.07, 6.45) is 5.38. The van der Waals surface area contributed by atoms with Crippen molar-refractivity contribution in [1.82, 2.24) is 5.32 Å². The molecule has 1 N–H and O–H groups in total. The van der Waals surface area contributed by atoms with Crippen molar-refractivity contribution >= 4 is 31.9 Å². The quantitative estimate of drug-likeness (QED) is 0.679. The van der Waals surface area contributed by atoms with Gasteiger partial charge in [0.25, 0.3) is 0 Å². The predicted octanol–water partition coefficient (Wildman–Crippen LogP) is 5.52. The van der Waals surface area contributed by atoms with E-state index in [-0.39, 0.29) is 0 Å². The van der Waals surface area contributed by atoms with Crippen LogP contribution in [0.2, 0.25) is 0 Å². The molecule has 0 radical (unpaired) electrons. The largest absolute Gasteiger partial charge is 0.495 e. The lowest BCUT2D eigenvalue weighted by Gasteiger charge is -2.35. The van der Waals surface area contributed by atoms with Crippen molar-refractivity contribution < 1.29 is 4.74 Å². The zero-order valence-corrected chi connectivity index (χ0v) is 16.3. The highest BCUT2D eigenvalue weighted by molar-refractivity contribution is 9.11. The minimum atomic E-state index is 0.626. The summed E-state index contributed by atoms with van der Waals surface area (Å²) < 4.78 is 7.62. The smallest absolute Gasteiger partial charge is 0.137 e. The second-order valence-corrected chi connectivity index (χ2v) is 8.03. The van der Waals surface area contributed by atoms with Gasteiger partial charge in [0.2, 0.25) is 0 Å². The molecule has 118 valence electrons. The van der Waals surface area contributed by atoms with Crippen LogP contribution < -0.4 is 10.1 Å². The summed E-state index contributed by atoms with van der Waals surface area (Å²) in [5, 5.41) is 3.78.